The fraction of sp³-hybridized carbons (Fsp3) is 0.0400. The third-order valence-corrected chi connectivity index (χ3v) is 5.72. The number of fused-ring (bicyclic) bond motifs is 3. The highest BCUT2D eigenvalue weighted by Gasteiger charge is 2.14. The number of rotatable bonds is 6. The molecule has 148 valence electrons. The van der Waals surface area contributed by atoms with Crippen LogP contribution in [0, 0.1) is 0 Å². The Morgan fingerprint density at radius 2 is 1.23 bits per heavy atom. The highest BCUT2D eigenvalue weighted by molar-refractivity contribution is 6.50. The Balaban J connectivity index is 1.99. The molecule has 1 aromatic heterocycles. The van der Waals surface area contributed by atoms with E-state index in [1.54, 1.807) is 0 Å². The summed E-state index contributed by atoms with van der Waals surface area (Å²) in [6, 6.07) is 22.0. The van der Waals surface area contributed by atoms with Gasteiger partial charge in [0, 0.05) is 28.4 Å². The van der Waals surface area contributed by atoms with Crippen LogP contribution in [0.1, 0.15) is 16.7 Å². The number of carbonyl (C=O) groups excluding carboxylic acids is 2. The number of carbonyl (C=O) groups is 2. The summed E-state index contributed by atoms with van der Waals surface area (Å²) in [6.45, 7) is 0.704. The molecule has 0 atom stereocenters. The second-order valence-corrected chi connectivity index (χ2v) is 7.65. The maximum atomic E-state index is 10.8. The van der Waals surface area contributed by atoms with E-state index >= 15 is 0 Å². The lowest BCUT2D eigenvalue weighted by Crippen LogP contribution is -1.99. The lowest BCUT2D eigenvalue weighted by atomic mass is 10.1. The summed E-state index contributed by atoms with van der Waals surface area (Å²) >= 11 is 12.5. The number of benzene rings is 3. The van der Waals surface area contributed by atoms with E-state index in [0.29, 0.717) is 29.2 Å². The van der Waals surface area contributed by atoms with Crippen LogP contribution in [0.4, 0.5) is 0 Å². The summed E-state index contributed by atoms with van der Waals surface area (Å²) in [5.41, 5.74) is 4.79. The summed E-state index contributed by atoms with van der Waals surface area (Å²) in [5, 5.41) is 2.75. The largest absolute Gasteiger partial charge is 0.336 e. The summed E-state index contributed by atoms with van der Waals surface area (Å²) in [5.74, 6) is 0. The first-order valence-corrected chi connectivity index (χ1v) is 10.1. The van der Waals surface area contributed by atoms with Gasteiger partial charge in [-0.2, -0.15) is 0 Å². The van der Waals surface area contributed by atoms with Gasteiger partial charge in [0.2, 0.25) is 0 Å². The Morgan fingerprint density at radius 1 is 0.733 bits per heavy atom. The van der Waals surface area contributed by atoms with Gasteiger partial charge in [-0.15, -0.1) is 0 Å². The van der Waals surface area contributed by atoms with Crippen molar-refractivity contribution in [3.63, 3.8) is 0 Å². The maximum Gasteiger partial charge on any atom is 0.144 e. The van der Waals surface area contributed by atoms with Gasteiger partial charge in [-0.1, -0.05) is 65.7 Å². The minimum absolute atomic E-state index is 0.380. The highest BCUT2D eigenvalue weighted by Crippen LogP contribution is 2.35. The van der Waals surface area contributed by atoms with Gasteiger partial charge in [-0.25, -0.2) is 0 Å². The van der Waals surface area contributed by atoms with Crippen LogP contribution in [0.15, 0.2) is 78.9 Å². The Labute approximate surface area is 183 Å². The minimum Gasteiger partial charge on any atom is -0.336 e. The van der Waals surface area contributed by atoms with E-state index in [4.69, 9.17) is 23.2 Å². The predicted molar refractivity (Wildman–Crippen MR) is 125 cm³/mol. The zero-order valence-corrected chi connectivity index (χ0v) is 17.4. The molecule has 1 heterocycles. The molecule has 4 aromatic rings. The SMILES string of the molecule is O=CC=C(Cl)c1ccc2c(c1)c1cc(C(Cl)=CC=O)ccc1n2Cc1ccccc1. The van der Waals surface area contributed by atoms with Crippen molar-refractivity contribution in [2.45, 2.75) is 6.54 Å². The molecule has 0 saturated heterocycles. The number of hydrogen-bond acceptors (Lipinski definition) is 2. The van der Waals surface area contributed by atoms with E-state index < -0.39 is 0 Å². The van der Waals surface area contributed by atoms with Crippen LogP contribution in [-0.2, 0) is 16.1 Å². The van der Waals surface area contributed by atoms with Gasteiger partial charge in [0.15, 0.2) is 0 Å². The van der Waals surface area contributed by atoms with Gasteiger partial charge in [-0.05, 0) is 53.1 Å². The van der Waals surface area contributed by atoms with Crippen LogP contribution in [0.25, 0.3) is 31.9 Å². The molecule has 0 spiro atoms. The monoisotopic (exact) mass is 433 g/mol. The second kappa shape index (κ2) is 8.70. The molecule has 4 rings (SSSR count). The first kappa shape index (κ1) is 20.1. The van der Waals surface area contributed by atoms with Crippen molar-refractivity contribution in [2.75, 3.05) is 0 Å². The Morgan fingerprint density at radius 3 is 1.70 bits per heavy atom. The quantitative estimate of drug-likeness (QED) is 0.260. The van der Waals surface area contributed by atoms with Crippen LogP contribution in [0.5, 0.6) is 0 Å². The van der Waals surface area contributed by atoms with Gasteiger partial charge in [-0.3, -0.25) is 9.59 Å². The molecule has 0 aliphatic carbocycles. The molecule has 0 aliphatic heterocycles. The topological polar surface area (TPSA) is 39.1 Å². The zero-order valence-electron chi connectivity index (χ0n) is 15.9. The molecule has 0 amide bonds. The lowest BCUT2D eigenvalue weighted by molar-refractivity contribution is -0.104. The number of nitrogens with zero attached hydrogens (tertiary/aromatic N) is 1. The molecule has 0 N–H and O–H groups in total. The second-order valence-electron chi connectivity index (χ2n) is 6.84. The van der Waals surface area contributed by atoms with Crippen molar-refractivity contribution >= 4 is 67.6 Å². The lowest BCUT2D eigenvalue weighted by Gasteiger charge is -2.08. The third-order valence-electron chi connectivity index (χ3n) is 5.03. The first-order valence-electron chi connectivity index (χ1n) is 9.35. The molecule has 0 saturated carbocycles. The first-order chi connectivity index (χ1) is 14.6. The Hall–Kier alpha value is -3.14. The van der Waals surface area contributed by atoms with E-state index in [9.17, 15) is 9.59 Å². The minimum atomic E-state index is 0.380. The van der Waals surface area contributed by atoms with Crippen molar-refractivity contribution in [3.05, 3.63) is 95.6 Å². The molecule has 3 nitrogen and oxygen atoms in total. The molecule has 0 aliphatic rings. The number of aldehydes is 2. The fourth-order valence-corrected chi connectivity index (χ4v) is 3.99. The molecule has 0 bridgehead atoms. The van der Waals surface area contributed by atoms with Crippen LogP contribution in [0.3, 0.4) is 0 Å². The number of hydrogen-bond donors (Lipinski definition) is 0. The maximum absolute atomic E-state index is 10.8. The molecule has 0 fully saturated rings. The molecular weight excluding hydrogens is 417 g/mol. The van der Waals surface area contributed by atoms with Crippen LogP contribution >= 0.6 is 23.2 Å². The summed E-state index contributed by atoms with van der Waals surface area (Å²) in [7, 11) is 0. The average Bonchev–Trinajstić information content (AvgIpc) is 3.07. The molecule has 5 heteroatoms. The Kier molecular flexibility index (Phi) is 5.84. The predicted octanol–water partition coefficient (Wildman–Crippen LogP) is 6.40. The van der Waals surface area contributed by atoms with Crippen molar-refractivity contribution in [1.82, 2.24) is 4.57 Å². The summed E-state index contributed by atoms with van der Waals surface area (Å²) < 4.78 is 2.24. The average molecular weight is 434 g/mol. The van der Waals surface area contributed by atoms with Crippen LogP contribution < -0.4 is 0 Å². The van der Waals surface area contributed by atoms with Crippen molar-refractivity contribution in [3.8, 4) is 0 Å². The van der Waals surface area contributed by atoms with E-state index in [0.717, 1.165) is 32.9 Å². The number of aromatic nitrogens is 1. The molecule has 0 unspecified atom stereocenters. The summed E-state index contributed by atoms with van der Waals surface area (Å²) in [6.07, 6.45) is 4.02. The van der Waals surface area contributed by atoms with E-state index in [1.165, 1.54) is 17.7 Å². The van der Waals surface area contributed by atoms with Crippen LogP contribution in [0.2, 0.25) is 0 Å². The molecule has 30 heavy (non-hydrogen) atoms. The molecule has 0 radical (unpaired) electrons. The van der Waals surface area contributed by atoms with Gasteiger partial charge in [0.1, 0.15) is 12.6 Å². The van der Waals surface area contributed by atoms with Crippen molar-refractivity contribution in [2.24, 2.45) is 0 Å². The highest BCUT2D eigenvalue weighted by atomic mass is 35.5. The van der Waals surface area contributed by atoms with E-state index in [-0.39, 0.29) is 0 Å². The van der Waals surface area contributed by atoms with Gasteiger partial charge >= 0.3 is 0 Å². The summed E-state index contributed by atoms with van der Waals surface area (Å²) in [4.78, 5) is 21.7. The normalized spacial score (nSPS) is 12.5. The van der Waals surface area contributed by atoms with Crippen molar-refractivity contribution in [1.29, 1.82) is 0 Å². The van der Waals surface area contributed by atoms with Gasteiger partial charge < -0.3 is 4.57 Å². The molecular formula is C25H17Cl2NO2. The number of halogens is 2. The third kappa shape index (κ3) is 3.82. The standard InChI is InChI=1S/C25H17Cl2NO2/c26-22(10-12-29)18-6-8-24-20(14-18)21-15-19(23(27)11-13-30)7-9-25(21)28(24)16-17-4-2-1-3-5-17/h1-15H,16H2. The van der Waals surface area contributed by atoms with E-state index in [1.807, 2.05) is 54.6 Å². The van der Waals surface area contributed by atoms with E-state index in [2.05, 4.69) is 16.7 Å². The smallest absolute Gasteiger partial charge is 0.144 e. The van der Waals surface area contributed by atoms with Gasteiger partial charge in [0.25, 0.3) is 0 Å². The van der Waals surface area contributed by atoms with Crippen LogP contribution in [-0.4, -0.2) is 17.1 Å². The Bertz CT molecular complexity index is 1240. The van der Waals surface area contributed by atoms with Gasteiger partial charge in [0.05, 0.1) is 10.1 Å². The molecule has 3 aromatic carbocycles. The zero-order chi connectivity index (χ0) is 21.1. The fourth-order valence-electron chi connectivity index (χ4n) is 3.65. The number of allylic oxidation sites excluding steroid dienone is 2. The van der Waals surface area contributed by atoms with Crippen molar-refractivity contribution < 1.29 is 9.59 Å².